The average Bonchev–Trinajstić information content (AvgIpc) is 2.28. The first kappa shape index (κ1) is 13.4. The van der Waals surface area contributed by atoms with E-state index in [2.05, 4.69) is 10.3 Å². The van der Waals surface area contributed by atoms with E-state index in [-0.39, 0.29) is 11.9 Å². The number of hydrogen-bond donors (Lipinski definition) is 2. The molecule has 1 unspecified atom stereocenters. The van der Waals surface area contributed by atoms with Gasteiger partial charge < -0.3 is 15.8 Å². The summed E-state index contributed by atoms with van der Waals surface area (Å²) in [5.41, 5.74) is 6.45. The van der Waals surface area contributed by atoms with Crippen LogP contribution in [0.2, 0.25) is 0 Å². The fraction of sp³-hybridized carbons (Fsp3) is 0.500. The molecule has 1 heterocycles. The molecule has 0 radical (unpaired) electrons. The third-order valence-electron chi connectivity index (χ3n) is 2.48. The first-order chi connectivity index (χ1) is 8.04. The van der Waals surface area contributed by atoms with Gasteiger partial charge in [0.25, 0.3) is 5.91 Å². The van der Waals surface area contributed by atoms with Gasteiger partial charge in [0.1, 0.15) is 5.69 Å². The van der Waals surface area contributed by atoms with Crippen LogP contribution in [-0.2, 0) is 4.74 Å². The number of hydrogen-bond acceptors (Lipinski definition) is 4. The van der Waals surface area contributed by atoms with Crippen LogP contribution in [0.4, 0.5) is 5.69 Å². The zero-order valence-electron chi connectivity index (χ0n) is 10.4. The highest BCUT2D eigenvalue weighted by Gasteiger charge is 2.17. The number of methoxy groups -OCH3 is 1. The summed E-state index contributed by atoms with van der Waals surface area (Å²) in [7, 11) is 1.61. The van der Waals surface area contributed by atoms with Gasteiger partial charge in [0.2, 0.25) is 0 Å². The summed E-state index contributed by atoms with van der Waals surface area (Å²) in [6, 6.07) is 3.17. The average molecular weight is 237 g/mol. The van der Waals surface area contributed by atoms with Gasteiger partial charge in [-0.15, -0.1) is 0 Å². The Morgan fingerprint density at radius 1 is 1.59 bits per heavy atom. The van der Waals surface area contributed by atoms with Crippen LogP contribution >= 0.6 is 0 Å². The van der Waals surface area contributed by atoms with Crippen LogP contribution in [0.25, 0.3) is 0 Å². The number of ether oxygens (including phenoxy) is 1. The lowest BCUT2D eigenvalue weighted by Crippen LogP contribution is -2.41. The molecule has 0 aliphatic rings. The molecule has 0 saturated heterocycles. The van der Waals surface area contributed by atoms with E-state index in [9.17, 15) is 4.79 Å². The number of carbonyl (C=O) groups is 1. The Balaban J connectivity index is 2.70. The third kappa shape index (κ3) is 4.03. The van der Waals surface area contributed by atoms with E-state index in [4.69, 9.17) is 10.5 Å². The number of nitrogens with zero attached hydrogens (tertiary/aromatic N) is 1. The van der Waals surface area contributed by atoms with Crippen molar-refractivity contribution in [1.29, 1.82) is 0 Å². The first-order valence-corrected chi connectivity index (χ1v) is 5.56. The Morgan fingerprint density at radius 3 is 2.82 bits per heavy atom. The van der Waals surface area contributed by atoms with Gasteiger partial charge in [-0.25, -0.2) is 0 Å². The molecule has 0 aliphatic heterocycles. The number of rotatable bonds is 5. The van der Waals surface area contributed by atoms with Gasteiger partial charge in [-0.1, -0.05) is 13.8 Å². The molecule has 0 saturated carbocycles. The quantitative estimate of drug-likeness (QED) is 0.803. The molecule has 1 atom stereocenters. The molecule has 94 valence electrons. The summed E-state index contributed by atoms with van der Waals surface area (Å²) in [5, 5.41) is 2.88. The Bertz CT molecular complexity index is 380. The molecule has 17 heavy (non-hydrogen) atoms. The molecule has 1 amide bonds. The fourth-order valence-electron chi connectivity index (χ4n) is 1.39. The van der Waals surface area contributed by atoms with E-state index in [1.165, 1.54) is 6.20 Å². The van der Waals surface area contributed by atoms with Crippen LogP contribution in [0.5, 0.6) is 0 Å². The maximum absolute atomic E-state index is 11.9. The van der Waals surface area contributed by atoms with E-state index in [0.29, 0.717) is 23.9 Å². The monoisotopic (exact) mass is 237 g/mol. The van der Waals surface area contributed by atoms with Crippen LogP contribution < -0.4 is 11.1 Å². The number of nitrogens with one attached hydrogen (secondary N) is 1. The third-order valence-corrected chi connectivity index (χ3v) is 2.48. The number of aromatic nitrogens is 1. The summed E-state index contributed by atoms with van der Waals surface area (Å²) in [6.45, 7) is 4.53. The van der Waals surface area contributed by atoms with Crippen molar-refractivity contribution < 1.29 is 9.53 Å². The maximum atomic E-state index is 11.9. The van der Waals surface area contributed by atoms with E-state index in [0.717, 1.165) is 0 Å². The molecule has 5 heteroatoms. The second kappa shape index (κ2) is 6.20. The highest BCUT2D eigenvalue weighted by atomic mass is 16.5. The number of pyridine rings is 1. The molecule has 3 N–H and O–H groups in total. The van der Waals surface area contributed by atoms with Crippen molar-refractivity contribution in [2.75, 3.05) is 19.5 Å². The second-order valence-corrected chi connectivity index (χ2v) is 4.25. The van der Waals surface area contributed by atoms with Crippen LogP contribution in [0, 0.1) is 5.92 Å². The molecular formula is C12H19N3O2. The number of carbonyl (C=O) groups excluding carboxylic acids is 1. The van der Waals surface area contributed by atoms with Crippen LogP contribution in [0.3, 0.4) is 0 Å². The Labute approximate surface area is 101 Å². The summed E-state index contributed by atoms with van der Waals surface area (Å²) < 4.78 is 5.07. The SMILES string of the molecule is COCC(NC(=O)c1cc(N)ccn1)C(C)C. The van der Waals surface area contributed by atoms with Crippen molar-refractivity contribution >= 4 is 11.6 Å². The van der Waals surface area contributed by atoms with Crippen molar-refractivity contribution in [3.05, 3.63) is 24.0 Å². The van der Waals surface area contributed by atoms with Crippen molar-refractivity contribution in [2.45, 2.75) is 19.9 Å². The minimum Gasteiger partial charge on any atom is -0.399 e. The topological polar surface area (TPSA) is 77.2 Å². The van der Waals surface area contributed by atoms with Gasteiger partial charge in [0.05, 0.1) is 12.6 Å². The van der Waals surface area contributed by atoms with E-state index in [1.54, 1.807) is 19.2 Å². The lowest BCUT2D eigenvalue weighted by Gasteiger charge is -2.21. The summed E-state index contributed by atoms with van der Waals surface area (Å²) in [4.78, 5) is 15.9. The van der Waals surface area contributed by atoms with E-state index >= 15 is 0 Å². The maximum Gasteiger partial charge on any atom is 0.270 e. The number of nitrogen functional groups attached to an aromatic ring is 1. The van der Waals surface area contributed by atoms with Crippen molar-refractivity contribution in [2.24, 2.45) is 5.92 Å². The summed E-state index contributed by atoms with van der Waals surface area (Å²) >= 11 is 0. The molecule has 0 bridgehead atoms. The van der Waals surface area contributed by atoms with Crippen molar-refractivity contribution in [1.82, 2.24) is 10.3 Å². The Kier molecular flexibility index (Phi) is 4.90. The standard InChI is InChI=1S/C12H19N3O2/c1-8(2)11(7-17-3)15-12(16)10-6-9(13)4-5-14-10/h4-6,8,11H,7H2,1-3H3,(H2,13,14)(H,15,16). The van der Waals surface area contributed by atoms with Gasteiger partial charge in [0, 0.05) is 19.0 Å². The first-order valence-electron chi connectivity index (χ1n) is 5.56. The second-order valence-electron chi connectivity index (χ2n) is 4.25. The van der Waals surface area contributed by atoms with Gasteiger partial charge in [0.15, 0.2) is 0 Å². The number of amides is 1. The Morgan fingerprint density at radius 2 is 2.29 bits per heavy atom. The van der Waals surface area contributed by atoms with E-state index < -0.39 is 0 Å². The van der Waals surface area contributed by atoms with Gasteiger partial charge in [-0.05, 0) is 18.1 Å². The highest BCUT2D eigenvalue weighted by Crippen LogP contribution is 2.06. The normalized spacial score (nSPS) is 12.5. The van der Waals surface area contributed by atoms with Crippen molar-refractivity contribution in [3.63, 3.8) is 0 Å². The predicted molar refractivity (Wildman–Crippen MR) is 66.6 cm³/mol. The zero-order valence-corrected chi connectivity index (χ0v) is 10.4. The molecule has 1 aromatic rings. The molecule has 5 nitrogen and oxygen atoms in total. The van der Waals surface area contributed by atoms with Gasteiger partial charge >= 0.3 is 0 Å². The zero-order chi connectivity index (χ0) is 12.8. The summed E-state index contributed by atoms with van der Waals surface area (Å²) in [6.07, 6.45) is 1.52. The molecule has 0 aromatic carbocycles. The largest absolute Gasteiger partial charge is 0.399 e. The van der Waals surface area contributed by atoms with Crippen LogP contribution in [0.1, 0.15) is 24.3 Å². The smallest absolute Gasteiger partial charge is 0.270 e. The number of anilines is 1. The minimum atomic E-state index is -0.229. The molecular weight excluding hydrogens is 218 g/mol. The number of nitrogens with two attached hydrogens (primary N) is 1. The highest BCUT2D eigenvalue weighted by molar-refractivity contribution is 5.93. The summed E-state index contributed by atoms with van der Waals surface area (Å²) in [5.74, 6) is 0.0630. The van der Waals surface area contributed by atoms with Crippen molar-refractivity contribution in [3.8, 4) is 0 Å². The van der Waals surface area contributed by atoms with E-state index in [1.807, 2.05) is 13.8 Å². The van der Waals surface area contributed by atoms with Gasteiger partial charge in [-0.3, -0.25) is 9.78 Å². The molecule has 0 aliphatic carbocycles. The molecule has 0 fully saturated rings. The Hall–Kier alpha value is -1.62. The molecule has 0 spiro atoms. The van der Waals surface area contributed by atoms with Gasteiger partial charge in [-0.2, -0.15) is 0 Å². The molecule has 1 aromatic heterocycles. The molecule has 1 rings (SSSR count). The van der Waals surface area contributed by atoms with Crippen LogP contribution in [0.15, 0.2) is 18.3 Å². The van der Waals surface area contributed by atoms with Crippen LogP contribution in [-0.4, -0.2) is 30.6 Å². The minimum absolute atomic E-state index is 0.0317. The predicted octanol–water partition coefficient (Wildman–Crippen LogP) is 1.06. The lowest BCUT2D eigenvalue weighted by atomic mass is 10.1. The lowest BCUT2D eigenvalue weighted by molar-refractivity contribution is 0.0862. The fourth-order valence-corrected chi connectivity index (χ4v) is 1.39.